The van der Waals surface area contributed by atoms with Gasteiger partial charge in [-0.25, -0.2) is 0 Å². The highest BCUT2D eigenvalue weighted by molar-refractivity contribution is 5.89. The Kier molecular flexibility index (Phi) is 2.54. The third kappa shape index (κ3) is 1.37. The predicted molar refractivity (Wildman–Crippen MR) is 81.0 cm³/mol. The smallest absolute Gasteiger partial charge is 0.109 e. The van der Waals surface area contributed by atoms with Crippen molar-refractivity contribution in [1.29, 1.82) is 0 Å². The third-order valence-electron chi connectivity index (χ3n) is 5.46. The van der Waals surface area contributed by atoms with Crippen LogP contribution in [0, 0.1) is 0 Å². The van der Waals surface area contributed by atoms with Crippen LogP contribution in [0.2, 0.25) is 0 Å². The lowest BCUT2D eigenvalue weighted by Gasteiger charge is -2.50. The van der Waals surface area contributed by atoms with Crippen LogP contribution in [0.5, 0.6) is 0 Å². The van der Waals surface area contributed by atoms with Gasteiger partial charge in [-0.05, 0) is 50.0 Å². The molecule has 1 fully saturated rings. The summed E-state index contributed by atoms with van der Waals surface area (Å²) < 4.78 is 8.42. The van der Waals surface area contributed by atoms with E-state index in [9.17, 15) is 0 Å². The summed E-state index contributed by atoms with van der Waals surface area (Å²) in [6, 6.07) is 7.14. The molecule has 2 heterocycles. The number of hydrogen-bond acceptors (Lipinski definition) is 2. The van der Waals surface area contributed by atoms with Gasteiger partial charge in [-0.3, -0.25) is 4.90 Å². The Hall–Kier alpha value is -1.32. The van der Waals surface area contributed by atoms with Crippen molar-refractivity contribution in [2.75, 3.05) is 20.7 Å². The Morgan fingerprint density at radius 2 is 2.15 bits per heavy atom. The highest BCUT2D eigenvalue weighted by atomic mass is 16.5. The Balaban J connectivity index is 2.04. The van der Waals surface area contributed by atoms with Crippen LogP contribution >= 0.6 is 0 Å². The van der Waals surface area contributed by atoms with Gasteiger partial charge in [0.25, 0.3) is 0 Å². The molecule has 1 aromatic heterocycles. The van der Waals surface area contributed by atoms with Crippen molar-refractivity contribution in [3.8, 4) is 0 Å². The molecule has 2 atom stereocenters. The molecule has 0 saturated carbocycles. The molecule has 2 aromatic rings. The van der Waals surface area contributed by atoms with Crippen LogP contribution in [0.25, 0.3) is 10.9 Å². The second kappa shape index (κ2) is 4.09. The number of methoxy groups -OCH3 is 1. The zero-order valence-electron chi connectivity index (χ0n) is 12.5. The van der Waals surface area contributed by atoms with Crippen molar-refractivity contribution < 1.29 is 4.74 Å². The second-order valence-corrected chi connectivity index (χ2v) is 6.36. The molecule has 20 heavy (non-hydrogen) atoms. The molecule has 2 aliphatic rings. The van der Waals surface area contributed by atoms with E-state index in [2.05, 4.69) is 48.0 Å². The predicted octanol–water partition coefficient (Wildman–Crippen LogP) is 2.67. The minimum atomic E-state index is -0.124. The van der Waals surface area contributed by atoms with E-state index in [1.165, 1.54) is 35.0 Å². The average molecular weight is 270 g/mol. The number of piperidine rings is 1. The van der Waals surface area contributed by atoms with Crippen LogP contribution in [0.15, 0.2) is 24.4 Å². The molecule has 0 amide bonds. The summed E-state index contributed by atoms with van der Waals surface area (Å²) in [5, 5.41) is 1.43. The second-order valence-electron chi connectivity index (χ2n) is 6.36. The van der Waals surface area contributed by atoms with Crippen molar-refractivity contribution in [2.45, 2.75) is 30.9 Å². The molecule has 106 valence electrons. The number of benzene rings is 1. The van der Waals surface area contributed by atoms with E-state index in [1.807, 2.05) is 7.11 Å². The zero-order chi connectivity index (χ0) is 13.9. The van der Waals surface area contributed by atoms with Gasteiger partial charge in [0.1, 0.15) is 5.60 Å². The molecule has 1 aromatic carbocycles. The van der Waals surface area contributed by atoms with Crippen molar-refractivity contribution in [3.05, 3.63) is 35.5 Å². The van der Waals surface area contributed by atoms with Gasteiger partial charge in [-0.2, -0.15) is 0 Å². The van der Waals surface area contributed by atoms with E-state index in [0.29, 0.717) is 6.04 Å². The van der Waals surface area contributed by atoms with Gasteiger partial charge in [-0.1, -0.05) is 12.1 Å². The maximum atomic E-state index is 6.16. The minimum absolute atomic E-state index is 0.124. The van der Waals surface area contributed by atoms with Crippen molar-refractivity contribution in [3.63, 3.8) is 0 Å². The molecule has 0 radical (unpaired) electrons. The first kappa shape index (κ1) is 12.4. The number of aryl methyl sites for hydroxylation is 1. The van der Waals surface area contributed by atoms with Crippen LogP contribution in [0.1, 0.15) is 24.0 Å². The summed E-state index contributed by atoms with van der Waals surface area (Å²) in [7, 11) is 6.28. The number of aromatic nitrogens is 1. The number of hydrogen-bond donors (Lipinski definition) is 0. The maximum absolute atomic E-state index is 6.16. The number of rotatable bonds is 1. The quantitative estimate of drug-likeness (QED) is 0.792. The van der Waals surface area contributed by atoms with E-state index in [0.717, 1.165) is 12.8 Å². The topological polar surface area (TPSA) is 17.4 Å². The van der Waals surface area contributed by atoms with E-state index in [1.54, 1.807) is 0 Å². The number of likely N-dealkylation sites (tertiary alicyclic amines) is 1. The lowest BCUT2D eigenvalue weighted by molar-refractivity contribution is -0.108. The number of ether oxygens (including phenoxy) is 1. The molecule has 3 heteroatoms. The standard InChI is InChI=1S/C17H22N2O/c1-18-9-5-8-17(20-3)13-6-4-7-14-16(13)12(10-15(17)18)11-19(14)2/h4,6-7,11,15H,5,8-10H2,1-3H3/t15-,17+/m1/s1. The number of fused-ring (bicyclic) bond motifs is 2. The Morgan fingerprint density at radius 3 is 2.95 bits per heavy atom. The summed E-state index contributed by atoms with van der Waals surface area (Å²) >= 11 is 0. The van der Waals surface area contributed by atoms with E-state index < -0.39 is 0 Å². The lowest BCUT2D eigenvalue weighted by Crippen LogP contribution is -2.56. The molecule has 0 bridgehead atoms. The molecule has 1 aliphatic carbocycles. The normalized spacial score (nSPS) is 29.6. The first-order valence-electron chi connectivity index (χ1n) is 7.50. The van der Waals surface area contributed by atoms with Crippen molar-refractivity contribution in [1.82, 2.24) is 9.47 Å². The van der Waals surface area contributed by atoms with Gasteiger partial charge in [0.2, 0.25) is 0 Å². The van der Waals surface area contributed by atoms with Crippen LogP contribution in [-0.2, 0) is 23.8 Å². The largest absolute Gasteiger partial charge is 0.372 e. The summed E-state index contributed by atoms with van der Waals surface area (Å²) in [5.74, 6) is 0. The number of nitrogens with zero attached hydrogens (tertiary/aromatic N) is 2. The van der Waals surface area contributed by atoms with Crippen LogP contribution in [0.3, 0.4) is 0 Å². The van der Waals surface area contributed by atoms with Gasteiger partial charge >= 0.3 is 0 Å². The average Bonchev–Trinajstić information content (AvgIpc) is 2.79. The minimum Gasteiger partial charge on any atom is -0.372 e. The maximum Gasteiger partial charge on any atom is 0.109 e. The Labute approximate surface area is 120 Å². The highest BCUT2D eigenvalue weighted by Gasteiger charge is 2.49. The molecule has 1 aliphatic heterocycles. The fraction of sp³-hybridized carbons (Fsp3) is 0.529. The fourth-order valence-corrected chi connectivity index (χ4v) is 4.51. The van der Waals surface area contributed by atoms with E-state index in [4.69, 9.17) is 4.74 Å². The molecule has 1 saturated heterocycles. The SMILES string of the molecule is CO[C@]12CCCN(C)[C@@H]1Cc1cn(C)c3cccc2c13. The number of likely N-dealkylation sites (N-methyl/N-ethyl adjacent to an activating group) is 1. The van der Waals surface area contributed by atoms with Crippen LogP contribution in [0.4, 0.5) is 0 Å². The van der Waals surface area contributed by atoms with Gasteiger partial charge in [0.05, 0.1) is 0 Å². The van der Waals surface area contributed by atoms with Crippen molar-refractivity contribution >= 4 is 10.9 Å². The lowest BCUT2D eigenvalue weighted by atomic mass is 9.71. The first-order valence-corrected chi connectivity index (χ1v) is 7.50. The van der Waals surface area contributed by atoms with Gasteiger partial charge in [0.15, 0.2) is 0 Å². The van der Waals surface area contributed by atoms with Gasteiger partial charge < -0.3 is 9.30 Å². The Bertz CT molecular complexity index is 675. The van der Waals surface area contributed by atoms with Gasteiger partial charge in [0, 0.05) is 37.3 Å². The summed E-state index contributed by atoms with van der Waals surface area (Å²) in [6.07, 6.45) is 5.74. The van der Waals surface area contributed by atoms with E-state index >= 15 is 0 Å². The monoisotopic (exact) mass is 270 g/mol. The molecule has 0 unspecified atom stereocenters. The van der Waals surface area contributed by atoms with Crippen molar-refractivity contribution in [2.24, 2.45) is 7.05 Å². The summed E-state index contributed by atoms with van der Waals surface area (Å²) in [6.45, 7) is 1.17. The molecule has 4 rings (SSSR count). The third-order valence-corrected chi connectivity index (χ3v) is 5.46. The molecular formula is C17H22N2O. The molecule has 0 N–H and O–H groups in total. The highest BCUT2D eigenvalue weighted by Crippen LogP contribution is 2.48. The Morgan fingerprint density at radius 1 is 1.30 bits per heavy atom. The van der Waals surface area contributed by atoms with Gasteiger partial charge in [-0.15, -0.1) is 0 Å². The molecule has 3 nitrogen and oxygen atoms in total. The summed E-state index contributed by atoms with van der Waals surface area (Å²) in [5.41, 5.74) is 4.09. The van der Waals surface area contributed by atoms with E-state index in [-0.39, 0.29) is 5.60 Å². The van der Waals surface area contributed by atoms with Crippen LogP contribution in [-0.4, -0.2) is 36.2 Å². The first-order chi connectivity index (χ1) is 9.67. The fourth-order valence-electron chi connectivity index (χ4n) is 4.51. The molecule has 0 spiro atoms. The summed E-state index contributed by atoms with van der Waals surface area (Å²) in [4.78, 5) is 2.49. The zero-order valence-corrected chi connectivity index (χ0v) is 12.5. The molecular weight excluding hydrogens is 248 g/mol. The van der Waals surface area contributed by atoms with Crippen LogP contribution < -0.4 is 0 Å².